The molecule has 3 rings (SSSR count). The molecule has 0 N–H and O–H groups in total. The van der Waals surface area contributed by atoms with Crippen LogP contribution < -0.4 is 9.47 Å². The Labute approximate surface area is 121 Å². The van der Waals surface area contributed by atoms with E-state index >= 15 is 0 Å². The van der Waals surface area contributed by atoms with Gasteiger partial charge in [-0.1, -0.05) is 12.1 Å². The summed E-state index contributed by atoms with van der Waals surface area (Å²) in [6, 6.07) is 12.8. The van der Waals surface area contributed by atoms with E-state index < -0.39 is 0 Å². The number of carbonyl (C=O) groups excluding carboxylic acids is 1. The minimum Gasteiger partial charge on any atom is -0.496 e. The molecule has 21 heavy (non-hydrogen) atoms. The topological polar surface area (TPSA) is 48.7 Å². The van der Waals surface area contributed by atoms with E-state index in [1.54, 1.807) is 26.4 Å². The molecule has 4 nitrogen and oxygen atoms in total. The second kappa shape index (κ2) is 5.32. The van der Waals surface area contributed by atoms with Gasteiger partial charge in [0, 0.05) is 10.9 Å². The highest BCUT2D eigenvalue weighted by Crippen LogP contribution is 2.38. The van der Waals surface area contributed by atoms with Gasteiger partial charge in [-0.05, 0) is 30.3 Å². The number of fused-ring (bicyclic) bond motifs is 1. The predicted octanol–water partition coefficient (Wildman–Crippen LogP) is 3.93. The quantitative estimate of drug-likeness (QED) is 0.680. The molecule has 0 spiro atoms. The molecule has 0 aliphatic carbocycles. The molecule has 0 saturated carbocycles. The second-order valence-corrected chi connectivity index (χ2v) is 4.53. The lowest BCUT2D eigenvalue weighted by Gasteiger charge is -2.04. The molecule has 0 bridgehead atoms. The number of hydrogen-bond acceptors (Lipinski definition) is 4. The Morgan fingerprint density at radius 1 is 1.00 bits per heavy atom. The maximum Gasteiger partial charge on any atom is 0.177 e. The van der Waals surface area contributed by atoms with Crippen molar-refractivity contribution in [3.63, 3.8) is 0 Å². The third kappa shape index (κ3) is 2.14. The summed E-state index contributed by atoms with van der Waals surface area (Å²) in [6.07, 6.45) is 0.809. The van der Waals surface area contributed by atoms with E-state index in [1.165, 1.54) is 0 Å². The Balaban J connectivity index is 2.28. The van der Waals surface area contributed by atoms with Crippen molar-refractivity contribution < 1.29 is 18.7 Å². The van der Waals surface area contributed by atoms with Crippen molar-refractivity contribution in [3.05, 3.63) is 48.0 Å². The molecule has 1 heterocycles. The van der Waals surface area contributed by atoms with Gasteiger partial charge in [-0.3, -0.25) is 4.79 Å². The predicted molar refractivity (Wildman–Crippen MR) is 80.1 cm³/mol. The monoisotopic (exact) mass is 282 g/mol. The first-order chi connectivity index (χ1) is 10.3. The first kappa shape index (κ1) is 13.2. The number of furan rings is 1. The minimum atomic E-state index is 0.558. The number of hydrogen-bond donors (Lipinski definition) is 0. The fraction of sp³-hybridized carbons (Fsp3) is 0.118. The summed E-state index contributed by atoms with van der Waals surface area (Å²) in [5.41, 5.74) is 1.95. The van der Waals surface area contributed by atoms with Crippen LogP contribution in [0.5, 0.6) is 11.5 Å². The van der Waals surface area contributed by atoms with Crippen LogP contribution in [0.25, 0.3) is 22.3 Å². The van der Waals surface area contributed by atoms with E-state index in [9.17, 15) is 4.79 Å². The molecule has 0 atom stereocenters. The summed E-state index contributed by atoms with van der Waals surface area (Å²) in [5, 5.41) is 0.727. The summed E-state index contributed by atoms with van der Waals surface area (Å²) >= 11 is 0. The third-order valence-corrected chi connectivity index (χ3v) is 3.40. The Kier molecular flexibility index (Phi) is 3.36. The summed E-state index contributed by atoms with van der Waals surface area (Å²) in [5.74, 6) is 1.94. The normalized spacial score (nSPS) is 10.6. The smallest absolute Gasteiger partial charge is 0.177 e. The number of para-hydroxylation sites is 1. The Morgan fingerprint density at radius 3 is 2.48 bits per heavy atom. The average Bonchev–Trinajstić information content (AvgIpc) is 2.98. The Bertz CT molecular complexity index is 802. The zero-order chi connectivity index (χ0) is 14.8. The fourth-order valence-electron chi connectivity index (χ4n) is 2.36. The Morgan fingerprint density at radius 2 is 1.76 bits per heavy atom. The van der Waals surface area contributed by atoms with Gasteiger partial charge >= 0.3 is 0 Å². The van der Waals surface area contributed by atoms with Gasteiger partial charge in [0.1, 0.15) is 11.5 Å². The number of rotatable bonds is 4. The van der Waals surface area contributed by atoms with Gasteiger partial charge in [0.05, 0.1) is 19.8 Å². The van der Waals surface area contributed by atoms with Crippen molar-refractivity contribution in [2.45, 2.75) is 0 Å². The number of aldehydes is 1. The van der Waals surface area contributed by atoms with Crippen LogP contribution >= 0.6 is 0 Å². The first-order valence-electron chi connectivity index (χ1n) is 6.47. The van der Waals surface area contributed by atoms with Crippen LogP contribution in [-0.2, 0) is 0 Å². The Hall–Kier alpha value is -2.75. The number of ether oxygens (including phenoxy) is 2. The number of methoxy groups -OCH3 is 2. The van der Waals surface area contributed by atoms with Crippen LogP contribution in [0.3, 0.4) is 0 Å². The molecule has 2 aromatic carbocycles. The second-order valence-electron chi connectivity index (χ2n) is 4.53. The van der Waals surface area contributed by atoms with E-state index in [4.69, 9.17) is 13.9 Å². The number of benzene rings is 2. The van der Waals surface area contributed by atoms with Gasteiger partial charge in [0.2, 0.25) is 0 Å². The highest BCUT2D eigenvalue weighted by Gasteiger charge is 2.16. The summed E-state index contributed by atoms with van der Waals surface area (Å²) < 4.78 is 16.5. The van der Waals surface area contributed by atoms with Gasteiger partial charge < -0.3 is 13.9 Å². The van der Waals surface area contributed by atoms with Crippen molar-refractivity contribution in [2.75, 3.05) is 14.2 Å². The van der Waals surface area contributed by atoms with E-state index in [1.807, 2.05) is 30.3 Å². The molecule has 0 radical (unpaired) electrons. The molecular formula is C17H14O4. The van der Waals surface area contributed by atoms with Gasteiger partial charge in [-0.2, -0.15) is 0 Å². The molecule has 1 aromatic heterocycles. The molecule has 0 fully saturated rings. The SMILES string of the molecule is COc1ccccc1-c1cc2c(C=O)ccc(OC)c2o1. The summed E-state index contributed by atoms with van der Waals surface area (Å²) in [4.78, 5) is 11.2. The van der Waals surface area contributed by atoms with E-state index in [2.05, 4.69) is 0 Å². The standard InChI is InChI=1S/C17H14O4/c1-19-14-6-4-3-5-12(14)16-9-13-11(10-18)7-8-15(20-2)17(13)21-16/h3-10H,1-2H3. The largest absolute Gasteiger partial charge is 0.496 e. The molecule has 3 aromatic rings. The highest BCUT2D eigenvalue weighted by atomic mass is 16.5. The van der Waals surface area contributed by atoms with Gasteiger partial charge in [-0.15, -0.1) is 0 Å². The van der Waals surface area contributed by atoms with Crippen molar-refractivity contribution in [3.8, 4) is 22.8 Å². The van der Waals surface area contributed by atoms with E-state index in [-0.39, 0.29) is 0 Å². The van der Waals surface area contributed by atoms with E-state index in [0.29, 0.717) is 28.4 Å². The van der Waals surface area contributed by atoms with Crippen LogP contribution in [0.2, 0.25) is 0 Å². The molecule has 0 amide bonds. The van der Waals surface area contributed by atoms with Gasteiger partial charge in [0.15, 0.2) is 17.6 Å². The maximum absolute atomic E-state index is 11.2. The lowest BCUT2D eigenvalue weighted by molar-refractivity contribution is 0.112. The molecule has 0 aliphatic rings. The van der Waals surface area contributed by atoms with Crippen LogP contribution in [-0.4, -0.2) is 20.5 Å². The zero-order valence-corrected chi connectivity index (χ0v) is 11.8. The van der Waals surface area contributed by atoms with Crippen LogP contribution in [0.15, 0.2) is 46.9 Å². The molecule has 0 unspecified atom stereocenters. The lowest BCUT2D eigenvalue weighted by atomic mass is 10.1. The molecule has 106 valence electrons. The molecular weight excluding hydrogens is 268 g/mol. The van der Waals surface area contributed by atoms with Crippen LogP contribution in [0, 0.1) is 0 Å². The molecule has 0 saturated heterocycles. The van der Waals surface area contributed by atoms with Crippen LogP contribution in [0.4, 0.5) is 0 Å². The fourth-order valence-corrected chi connectivity index (χ4v) is 2.36. The van der Waals surface area contributed by atoms with Gasteiger partial charge in [0.25, 0.3) is 0 Å². The first-order valence-corrected chi connectivity index (χ1v) is 6.47. The molecule has 0 aliphatic heterocycles. The molecule has 4 heteroatoms. The summed E-state index contributed by atoms with van der Waals surface area (Å²) in [6.45, 7) is 0. The van der Waals surface area contributed by atoms with Crippen LogP contribution in [0.1, 0.15) is 10.4 Å². The number of carbonyl (C=O) groups is 1. The van der Waals surface area contributed by atoms with E-state index in [0.717, 1.165) is 17.2 Å². The maximum atomic E-state index is 11.2. The highest BCUT2D eigenvalue weighted by molar-refractivity contribution is 6.00. The zero-order valence-electron chi connectivity index (χ0n) is 11.8. The van der Waals surface area contributed by atoms with Crippen molar-refractivity contribution in [2.24, 2.45) is 0 Å². The third-order valence-electron chi connectivity index (χ3n) is 3.40. The van der Waals surface area contributed by atoms with Gasteiger partial charge in [-0.25, -0.2) is 0 Å². The van der Waals surface area contributed by atoms with Crippen molar-refractivity contribution >= 4 is 17.3 Å². The average molecular weight is 282 g/mol. The lowest BCUT2D eigenvalue weighted by Crippen LogP contribution is -1.86. The summed E-state index contributed by atoms with van der Waals surface area (Å²) in [7, 11) is 3.18. The van der Waals surface area contributed by atoms with Crippen molar-refractivity contribution in [1.29, 1.82) is 0 Å². The minimum absolute atomic E-state index is 0.558. The van der Waals surface area contributed by atoms with Crippen molar-refractivity contribution in [1.82, 2.24) is 0 Å².